The van der Waals surface area contributed by atoms with Crippen LogP contribution < -0.4 is 0 Å². The number of carbonyl (C=O) groups excluding carboxylic acids is 1. The fraction of sp³-hybridized carbons (Fsp3) is 0.833. The van der Waals surface area contributed by atoms with E-state index < -0.39 is 0 Å². The van der Waals surface area contributed by atoms with Crippen molar-refractivity contribution in [3.05, 3.63) is 11.6 Å². The average molecular weight is 331 g/mol. The molecule has 3 heterocycles. The van der Waals surface area contributed by atoms with Crippen LogP contribution in [0.25, 0.3) is 0 Å². The topological polar surface area (TPSA) is 54.3 Å². The molecule has 2 aliphatic heterocycles. The van der Waals surface area contributed by atoms with Gasteiger partial charge in [-0.05, 0) is 25.7 Å². The van der Waals surface area contributed by atoms with Crippen LogP contribution in [-0.2, 0) is 17.9 Å². The highest BCUT2D eigenvalue weighted by atomic mass is 16.2. The first-order valence-electron chi connectivity index (χ1n) is 9.67. The molecule has 24 heavy (non-hydrogen) atoms. The summed E-state index contributed by atoms with van der Waals surface area (Å²) in [5.41, 5.74) is 0. The molecule has 1 saturated carbocycles. The van der Waals surface area contributed by atoms with Crippen molar-refractivity contribution in [2.75, 3.05) is 13.1 Å². The van der Waals surface area contributed by atoms with Crippen LogP contribution in [0.4, 0.5) is 0 Å². The summed E-state index contributed by atoms with van der Waals surface area (Å²) in [6, 6.07) is 0.856. The lowest BCUT2D eigenvalue weighted by Crippen LogP contribution is -2.42. The van der Waals surface area contributed by atoms with Crippen LogP contribution in [0.3, 0.4) is 0 Å². The molecule has 4 rings (SSSR count). The number of hydrogen-bond acceptors (Lipinski definition) is 4. The molecule has 0 radical (unpaired) electrons. The second-order valence-electron chi connectivity index (χ2n) is 7.61. The monoisotopic (exact) mass is 331 g/mol. The van der Waals surface area contributed by atoms with Crippen LogP contribution in [-0.4, -0.2) is 49.6 Å². The molecule has 0 bridgehead atoms. The molecule has 0 aromatic carbocycles. The third-order valence-corrected chi connectivity index (χ3v) is 6.11. The van der Waals surface area contributed by atoms with Crippen molar-refractivity contribution in [1.82, 2.24) is 24.6 Å². The Bertz CT molecular complexity index is 590. The summed E-state index contributed by atoms with van der Waals surface area (Å²) in [4.78, 5) is 16.5. The normalized spacial score (nSPS) is 26.4. The molecule has 3 aliphatic rings. The first-order valence-corrected chi connectivity index (χ1v) is 9.67. The van der Waals surface area contributed by atoms with E-state index in [0.29, 0.717) is 0 Å². The first-order chi connectivity index (χ1) is 11.7. The van der Waals surface area contributed by atoms with E-state index in [4.69, 9.17) is 0 Å². The quantitative estimate of drug-likeness (QED) is 0.781. The van der Waals surface area contributed by atoms with E-state index in [0.717, 1.165) is 56.7 Å². The number of amides is 1. The maximum atomic E-state index is 11.9. The van der Waals surface area contributed by atoms with Gasteiger partial charge in [-0.1, -0.05) is 25.7 Å². The third-order valence-electron chi connectivity index (χ3n) is 6.11. The van der Waals surface area contributed by atoms with Crippen molar-refractivity contribution in [2.45, 2.75) is 83.5 Å². The standard InChI is InChI=1S/C18H29N5O/c1-14(24)22-10-6-9-16(22)18-20-19-17-13-21(11-12-23(17)18)15-7-4-2-3-5-8-15/h15-16H,2-13H2,1H3. The molecule has 6 nitrogen and oxygen atoms in total. The van der Waals surface area contributed by atoms with E-state index >= 15 is 0 Å². The number of nitrogens with zero attached hydrogens (tertiary/aromatic N) is 5. The van der Waals surface area contributed by atoms with Crippen molar-refractivity contribution in [3.63, 3.8) is 0 Å². The number of likely N-dealkylation sites (tertiary alicyclic amines) is 1. The minimum Gasteiger partial charge on any atom is -0.333 e. The smallest absolute Gasteiger partial charge is 0.220 e. The van der Waals surface area contributed by atoms with Crippen LogP contribution in [0, 0.1) is 0 Å². The van der Waals surface area contributed by atoms with Gasteiger partial charge in [0.15, 0.2) is 5.82 Å². The molecule has 1 amide bonds. The number of hydrogen-bond donors (Lipinski definition) is 0. The second-order valence-corrected chi connectivity index (χ2v) is 7.61. The molecule has 6 heteroatoms. The van der Waals surface area contributed by atoms with Gasteiger partial charge in [-0.15, -0.1) is 10.2 Å². The molecule has 1 atom stereocenters. The van der Waals surface area contributed by atoms with Gasteiger partial charge in [0.2, 0.25) is 5.91 Å². The lowest BCUT2D eigenvalue weighted by atomic mass is 10.1. The van der Waals surface area contributed by atoms with Gasteiger partial charge in [-0.3, -0.25) is 9.69 Å². The van der Waals surface area contributed by atoms with Gasteiger partial charge in [0.25, 0.3) is 0 Å². The SMILES string of the molecule is CC(=O)N1CCCC1c1nnc2n1CCN(C1CCCCCC1)C2. The Morgan fingerprint density at radius 1 is 0.958 bits per heavy atom. The largest absolute Gasteiger partial charge is 0.333 e. The van der Waals surface area contributed by atoms with Crippen LogP contribution in [0.2, 0.25) is 0 Å². The van der Waals surface area contributed by atoms with E-state index in [9.17, 15) is 4.79 Å². The second kappa shape index (κ2) is 6.82. The van der Waals surface area contributed by atoms with Gasteiger partial charge in [0, 0.05) is 32.6 Å². The molecular formula is C18H29N5O. The minimum absolute atomic E-state index is 0.133. The third kappa shape index (κ3) is 2.96. The molecule has 1 aliphatic carbocycles. The van der Waals surface area contributed by atoms with Crippen LogP contribution in [0.1, 0.15) is 76.0 Å². The van der Waals surface area contributed by atoms with E-state index in [1.54, 1.807) is 6.92 Å². The molecule has 1 aromatic rings. The van der Waals surface area contributed by atoms with Crippen LogP contribution in [0.15, 0.2) is 0 Å². The van der Waals surface area contributed by atoms with Crippen molar-refractivity contribution < 1.29 is 4.79 Å². The van der Waals surface area contributed by atoms with Gasteiger partial charge >= 0.3 is 0 Å². The summed E-state index contributed by atoms with van der Waals surface area (Å²) >= 11 is 0. The van der Waals surface area contributed by atoms with Gasteiger partial charge in [0.1, 0.15) is 5.82 Å². The summed E-state index contributed by atoms with van der Waals surface area (Å²) in [6.45, 7) is 5.51. The summed E-state index contributed by atoms with van der Waals surface area (Å²) in [5, 5.41) is 9.00. The molecular weight excluding hydrogens is 302 g/mol. The van der Waals surface area contributed by atoms with Crippen molar-refractivity contribution in [3.8, 4) is 0 Å². The molecule has 1 unspecified atom stereocenters. The Morgan fingerprint density at radius 2 is 1.75 bits per heavy atom. The predicted octanol–water partition coefficient (Wildman–Crippen LogP) is 2.50. The van der Waals surface area contributed by atoms with Crippen molar-refractivity contribution in [1.29, 1.82) is 0 Å². The number of aromatic nitrogens is 3. The lowest BCUT2D eigenvalue weighted by molar-refractivity contribution is -0.129. The predicted molar refractivity (Wildman–Crippen MR) is 91.3 cm³/mol. The Labute approximate surface area is 144 Å². The fourth-order valence-corrected chi connectivity index (χ4v) is 4.79. The number of rotatable bonds is 2. The Balaban J connectivity index is 1.50. The lowest BCUT2D eigenvalue weighted by Gasteiger charge is -2.35. The highest BCUT2D eigenvalue weighted by Gasteiger charge is 2.34. The molecule has 0 spiro atoms. The van der Waals surface area contributed by atoms with E-state index in [-0.39, 0.29) is 11.9 Å². The summed E-state index contributed by atoms with van der Waals surface area (Å²) < 4.78 is 2.29. The highest BCUT2D eigenvalue weighted by molar-refractivity contribution is 5.74. The minimum atomic E-state index is 0.133. The van der Waals surface area contributed by atoms with Gasteiger partial charge < -0.3 is 9.47 Å². The van der Waals surface area contributed by atoms with E-state index in [2.05, 4.69) is 19.7 Å². The van der Waals surface area contributed by atoms with Gasteiger partial charge in [0.05, 0.1) is 12.6 Å². The number of fused-ring (bicyclic) bond motifs is 1. The maximum absolute atomic E-state index is 11.9. The van der Waals surface area contributed by atoms with Gasteiger partial charge in [-0.25, -0.2) is 0 Å². The molecule has 2 fully saturated rings. The molecule has 1 aromatic heterocycles. The summed E-state index contributed by atoms with van der Waals surface area (Å²) in [7, 11) is 0. The zero-order valence-corrected chi connectivity index (χ0v) is 14.8. The summed E-state index contributed by atoms with van der Waals surface area (Å²) in [6.07, 6.45) is 10.3. The maximum Gasteiger partial charge on any atom is 0.220 e. The van der Waals surface area contributed by atoms with E-state index in [1.165, 1.54) is 38.5 Å². The highest BCUT2D eigenvalue weighted by Crippen LogP contribution is 2.33. The Hall–Kier alpha value is -1.43. The van der Waals surface area contributed by atoms with Crippen molar-refractivity contribution >= 4 is 5.91 Å². The van der Waals surface area contributed by atoms with Gasteiger partial charge in [-0.2, -0.15) is 0 Å². The van der Waals surface area contributed by atoms with Crippen LogP contribution in [0.5, 0.6) is 0 Å². The van der Waals surface area contributed by atoms with Crippen LogP contribution >= 0.6 is 0 Å². The average Bonchev–Trinajstić information content (AvgIpc) is 3.13. The zero-order chi connectivity index (χ0) is 16.5. The fourth-order valence-electron chi connectivity index (χ4n) is 4.79. The summed E-state index contributed by atoms with van der Waals surface area (Å²) in [5.74, 6) is 2.26. The van der Waals surface area contributed by atoms with Crippen molar-refractivity contribution in [2.24, 2.45) is 0 Å². The Kier molecular flexibility index (Phi) is 4.57. The molecule has 132 valence electrons. The zero-order valence-electron chi connectivity index (χ0n) is 14.8. The first kappa shape index (κ1) is 16.1. The van der Waals surface area contributed by atoms with E-state index in [1.807, 2.05) is 4.90 Å². The molecule has 0 N–H and O–H groups in total. The Morgan fingerprint density at radius 3 is 2.50 bits per heavy atom. The number of carbonyl (C=O) groups is 1. The molecule has 1 saturated heterocycles.